The van der Waals surface area contributed by atoms with E-state index in [2.05, 4.69) is 10.5 Å². The molecule has 0 saturated carbocycles. The molecule has 0 saturated heterocycles. The number of ether oxygens (including phenoxy) is 1. The van der Waals surface area contributed by atoms with Crippen molar-refractivity contribution in [2.24, 2.45) is 5.73 Å². The van der Waals surface area contributed by atoms with Gasteiger partial charge in [0.05, 0.1) is 6.61 Å². The largest absolute Gasteiger partial charge is 0.450 e. The summed E-state index contributed by atoms with van der Waals surface area (Å²) < 4.78 is 4.18. The number of carbonyl (C=O) groups excluding carboxylic acids is 1. The molecular formula is C3H7CoNO2. The number of hydrogen-bond donors (Lipinski definition) is 1. The van der Waals surface area contributed by atoms with Crippen LogP contribution in [0, 0.1) is 0 Å². The molecule has 0 aliphatic rings. The molecule has 0 atom stereocenters. The molecule has 0 aromatic heterocycles. The molecule has 0 unspecified atom stereocenters. The minimum absolute atomic E-state index is 0. The molecule has 1 radical (unpaired) electrons. The molecule has 45 valence electrons. The zero-order valence-electron chi connectivity index (χ0n) is 3.93. The smallest absolute Gasteiger partial charge is 0.404 e. The van der Waals surface area contributed by atoms with E-state index >= 15 is 0 Å². The van der Waals surface area contributed by atoms with Crippen LogP contribution in [-0.4, -0.2) is 12.7 Å². The van der Waals surface area contributed by atoms with Crippen molar-refractivity contribution in [2.75, 3.05) is 6.61 Å². The van der Waals surface area contributed by atoms with Crippen molar-refractivity contribution in [3.8, 4) is 0 Å². The van der Waals surface area contributed by atoms with E-state index in [0.717, 1.165) is 0 Å². The minimum atomic E-state index is -0.711. The van der Waals surface area contributed by atoms with E-state index in [1.807, 2.05) is 0 Å². The van der Waals surface area contributed by atoms with Gasteiger partial charge >= 0.3 is 6.09 Å². The Labute approximate surface area is 52.4 Å². The summed E-state index contributed by atoms with van der Waals surface area (Å²) in [5.41, 5.74) is 4.54. The second kappa shape index (κ2) is 5.78. The van der Waals surface area contributed by atoms with Gasteiger partial charge in [-0.05, 0) is 6.92 Å². The zero-order chi connectivity index (χ0) is 4.99. The second-order valence-corrected chi connectivity index (χ2v) is 0.752. The van der Waals surface area contributed by atoms with E-state index in [0.29, 0.717) is 6.61 Å². The normalized spacial score (nSPS) is 6.43. The van der Waals surface area contributed by atoms with Crippen LogP contribution < -0.4 is 5.73 Å². The van der Waals surface area contributed by atoms with Gasteiger partial charge in [-0.25, -0.2) is 4.79 Å². The topological polar surface area (TPSA) is 52.3 Å². The van der Waals surface area contributed by atoms with E-state index in [-0.39, 0.29) is 16.8 Å². The van der Waals surface area contributed by atoms with Crippen LogP contribution in [0.2, 0.25) is 0 Å². The Morgan fingerprint density at radius 1 is 1.86 bits per heavy atom. The van der Waals surface area contributed by atoms with Crippen LogP contribution in [0.1, 0.15) is 6.92 Å². The van der Waals surface area contributed by atoms with E-state index in [1.165, 1.54) is 0 Å². The van der Waals surface area contributed by atoms with Crippen LogP contribution in [0.3, 0.4) is 0 Å². The second-order valence-electron chi connectivity index (χ2n) is 0.752. The molecule has 0 aromatic carbocycles. The third kappa shape index (κ3) is 10.7. The molecule has 0 rings (SSSR count). The maximum atomic E-state index is 9.60. The van der Waals surface area contributed by atoms with Crippen molar-refractivity contribution >= 4 is 6.09 Å². The van der Waals surface area contributed by atoms with Gasteiger partial charge in [-0.2, -0.15) is 0 Å². The summed E-state index contributed by atoms with van der Waals surface area (Å²) >= 11 is 0. The van der Waals surface area contributed by atoms with Crippen LogP contribution in [-0.2, 0) is 21.5 Å². The molecule has 0 aliphatic carbocycles. The molecule has 0 spiro atoms. The van der Waals surface area contributed by atoms with Crippen molar-refractivity contribution in [1.82, 2.24) is 0 Å². The van der Waals surface area contributed by atoms with Crippen molar-refractivity contribution in [3.05, 3.63) is 0 Å². The SMILES string of the molecule is CCOC(N)=O.[Co]. The fourth-order valence-corrected chi connectivity index (χ4v) is 0.142. The first kappa shape index (κ1) is 9.91. The molecule has 0 fully saturated rings. The fourth-order valence-electron chi connectivity index (χ4n) is 0.142. The summed E-state index contributed by atoms with van der Waals surface area (Å²) in [6.07, 6.45) is -0.711. The van der Waals surface area contributed by atoms with Gasteiger partial charge in [-0.15, -0.1) is 0 Å². The van der Waals surface area contributed by atoms with Gasteiger partial charge in [0.25, 0.3) is 0 Å². The molecule has 0 bridgehead atoms. The van der Waals surface area contributed by atoms with Gasteiger partial charge in [0.2, 0.25) is 0 Å². The number of carbonyl (C=O) groups is 1. The first-order valence-electron chi connectivity index (χ1n) is 1.69. The quantitative estimate of drug-likeness (QED) is 0.573. The summed E-state index contributed by atoms with van der Waals surface area (Å²) in [5.74, 6) is 0. The van der Waals surface area contributed by atoms with Gasteiger partial charge in [-0.1, -0.05) is 0 Å². The van der Waals surface area contributed by atoms with E-state index in [1.54, 1.807) is 6.92 Å². The van der Waals surface area contributed by atoms with Crippen LogP contribution in [0.15, 0.2) is 0 Å². The van der Waals surface area contributed by atoms with E-state index in [4.69, 9.17) is 0 Å². The molecule has 2 N–H and O–H groups in total. The van der Waals surface area contributed by atoms with Gasteiger partial charge in [0.1, 0.15) is 0 Å². The maximum absolute atomic E-state index is 9.60. The van der Waals surface area contributed by atoms with Gasteiger partial charge in [0, 0.05) is 16.8 Å². The van der Waals surface area contributed by atoms with Crippen LogP contribution in [0.25, 0.3) is 0 Å². The number of rotatable bonds is 1. The maximum Gasteiger partial charge on any atom is 0.404 e. The number of hydrogen-bond acceptors (Lipinski definition) is 2. The van der Waals surface area contributed by atoms with Gasteiger partial charge < -0.3 is 10.5 Å². The summed E-state index contributed by atoms with van der Waals surface area (Å²) in [7, 11) is 0. The molecule has 0 heterocycles. The Bertz CT molecular complexity index is 56.9. The van der Waals surface area contributed by atoms with E-state index in [9.17, 15) is 4.79 Å². The predicted octanol–water partition coefficient (Wildman–Crippen LogP) is 0.0991. The van der Waals surface area contributed by atoms with E-state index < -0.39 is 6.09 Å². The Hall–Kier alpha value is -0.224. The summed E-state index contributed by atoms with van der Waals surface area (Å²) in [6.45, 7) is 2.06. The summed E-state index contributed by atoms with van der Waals surface area (Å²) in [5, 5.41) is 0. The Balaban J connectivity index is 0. The summed E-state index contributed by atoms with van der Waals surface area (Å²) in [4.78, 5) is 9.60. The Morgan fingerprint density at radius 3 is 2.29 bits per heavy atom. The first-order chi connectivity index (χ1) is 2.77. The molecule has 3 nitrogen and oxygen atoms in total. The van der Waals surface area contributed by atoms with Crippen LogP contribution >= 0.6 is 0 Å². The van der Waals surface area contributed by atoms with Crippen molar-refractivity contribution in [2.45, 2.75) is 6.92 Å². The Morgan fingerprint density at radius 2 is 2.29 bits per heavy atom. The molecule has 0 aliphatic heterocycles. The molecule has 0 aromatic rings. The number of amides is 1. The van der Waals surface area contributed by atoms with Crippen LogP contribution in [0.5, 0.6) is 0 Å². The number of primary amides is 1. The van der Waals surface area contributed by atoms with Gasteiger partial charge in [0.15, 0.2) is 0 Å². The average Bonchev–Trinajstić information content (AvgIpc) is 1.35. The minimum Gasteiger partial charge on any atom is -0.450 e. The molecule has 1 amide bonds. The predicted molar refractivity (Wildman–Crippen MR) is 21.2 cm³/mol. The van der Waals surface area contributed by atoms with Crippen molar-refractivity contribution in [1.29, 1.82) is 0 Å². The fraction of sp³-hybridized carbons (Fsp3) is 0.667. The molecular weight excluding hydrogens is 141 g/mol. The zero-order valence-corrected chi connectivity index (χ0v) is 4.98. The van der Waals surface area contributed by atoms with Crippen LogP contribution in [0.4, 0.5) is 4.79 Å². The average molecular weight is 148 g/mol. The third-order valence-corrected chi connectivity index (χ3v) is 0.287. The van der Waals surface area contributed by atoms with Crippen molar-refractivity contribution in [3.63, 3.8) is 0 Å². The molecule has 4 heteroatoms. The Kier molecular flexibility index (Phi) is 8.18. The first-order valence-corrected chi connectivity index (χ1v) is 1.69. The monoisotopic (exact) mass is 148 g/mol. The number of nitrogens with two attached hydrogens (primary N) is 1. The van der Waals surface area contributed by atoms with Crippen molar-refractivity contribution < 1.29 is 26.3 Å². The summed E-state index contributed by atoms with van der Waals surface area (Å²) in [6, 6.07) is 0. The van der Waals surface area contributed by atoms with Gasteiger partial charge in [-0.3, -0.25) is 0 Å². The molecule has 7 heavy (non-hydrogen) atoms. The third-order valence-electron chi connectivity index (χ3n) is 0.287. The standard InChI is InChI=1S/C3H7NO2.Co/c1-2-6-3(4)5;/h2H2,1H3,(H2,4,5);.